The summed E-state index contributed by atoms with van der Waals surface area (Å²) in [6.07, 6.45) is 7.52. The van der Waals surface area contributed by atoms with Gasteiger partial charge in [0.05, 0.1) is 22.9 Å². The first kappa shape index (κ1) is 14.5. The van der Waals surface area contributed by atoms with Crippen molar-refractivity contribution in [1.29, 1.82) is 0 Å². The Balaban J connectivity index is 2.25. The average molecular weight is 294 g/mol. The van der Waals surface area contributed by atoms with Crippen molar-refractivity contribution in [3.63, 3.8) is 0 Å². The Bertz CT molecular complexity index is 785. The number of hydrogen-bond acceptors (Lipinski definition) is 6. The highest BCUT2D eigenvalue weighted by Crippen LogP contribution is 2.28. The van der Waals surface area contributed by atoms with Gasteiger partial charge in [0.15, 0.2) is 5.82 Å². The molecule has 6 nitrogen and oxygen atoms in total. The first-order chi connectivity index (χ1) is 10.6. The Morgan fingerprint density at radius 1 is 1.05 bits per heavy atom. The molecule has 3 heterocycles. The highest BCUT2D eigenvalue weighted by atomic mass is 14.9. The van der Waals surface area contributed by atoms with Gasteiger partial charge in [-0.3, -0.25) is 9.97 Å². The summed E-state index contributed by atoms with van der Waals surface area (Å²) in [5, 5.41) is 0.909. The van der Waals surface area contributed by atoms with Crippen molar-refractivity contribution in [2.24, 2.45) is 11.5 Å². The number of hydrogen-bond donors (Lipinski definition) is 2. The fraction of sp³-hybridized carbons (Fsp3) is 0.250. The van der Waals surface area contributed by atoms with Crippen LogP contribution in [0.15, 0.2) is 43.0 Å². The van der Waals surface area contributed by atoms with Crippen molar-refractivity contribution in [3.8, 4) is 11.4 Å². The van der Waals surface area contributed by atoms with Crippen LogP contribution in [0.3, 0.4) is 0 Å². The van der Waals surface area contributed by atoms with Crippen molar-refractivity contribution >= 4 is 10.9 Å². The molecule has 0 radical (unpaired) electrons. The molecule has 22 heavy (non-hydrogen) atoms. The minimum absolute atomic E-state index is 0.494. The predicted molar refractivity (Wildman–Crippen MR) is 85.8 cm³/mol. The molecule has 0 bridgehead atoms. The Labute approximate surface area is 128 Å². The van der Waals surface area contributed by atoms with E-state index in [2.05, 4.69) is 15.0 Å². The summed E-state index contributed by atoms with van der Waals surface area (Å²) in [6, 6.07) is 5.64. The largest absolute Gasteiger partial charge is 0.330 e. The Morgan fingerprint density at radius 3 is 2.50 bits per heavy atom. The van der Waals surface area contributed by atoms with Crippen molar-refractivity contribution in [1.82, 2.24) is 19.9 Å². The summed E-state index contributed by atoms with van der Waals surface area (Å²) in [5.74, 6) is 0.617. The quantitative estimate of drug-likeness (QED) is 0.757. The summed E-state index contributed by atoms with van der Waals surface area (Å²) < 4.78 is 0. The lowest BCUT2D eigenvalue weighted by molar-refractivity contribution is 0.450. The van der Waals surface area contributed by atoms with Gasteiger partial charge in [-0.1, -0.05) is 0 Å². The van der Waals surface area contributed by atoms with Gasteiger partial charge in [0.1, 0.15) is 0 Å². The maximum Gasteiger partial charge on any atom is 0.160 e. The second-order valence-corrected chi connectivity index (χ2v) is 5.48. The second-order valence-electron chi connectivity index (χ2n) is 5.48. The molecule has 0 aliphatic rings. The molecule has 0 aromatic carbocycles. The molecule has 6 heteroatoms. The lowest BCUT2D eigenvalue weighted by atomic mass is 9.92. The number of fused-ring (bicyclic) bond motifs is 1. The smallest absolute Gasteiger partial charge is 0.160 e. The van der Waals surface area contributed by atoms with Crippen LogP contribution in [0.1, 0.15) is 19.0 Å². The molecule has 0 aliphatic carbocycles. The number of nitrogens with two attached hydrogens (primary N) is 2. The van der Waals surface area contributed by atoms with Gasteiger partial charge in [-0.25, -0.2) is 9.97 Å². The van der Waals surface area contributed by atoms with Gasteiger partial charge in [0, 0.05) is 29.5 Å². The third-order valence-corrected chi connectivity index (χ3v) is 3.64. The van der Waals surface area contributed by atoms with E-state index in [4.69, 9.17) is 16.5 Å². The van der Waals surface area contributed by atoms with Crippen molar-refractivity contribution < 1.29 is 0 Å². The SMILES string of the molecule is CC(N)(CCN)c1nc(-c2ccncc2)nc2cnccc12. The van der Waals surface area contributed by atoms with Crippen molar-refractivity contribution in [2.75, 3.05) is 6.54 Å². The van der Waals surface area contributed by atoms with Gasteiger partial charge in [-0.2, -0.15) is 0 Å². The molecule has 0 saturated heterocycles. The van der Waals surface area contributed by atoms with Gasteiger partial charge < -0.3 is 11.5 Å². The van der Waals surface area contributed by atoms with Crippen LogP contribution in [-0.4, -0.2) is 26.5 Å². The summed E-state index contributed by atoms with van der Waals surface area (Å²) in [4.78, 5) is 17.5. The van der Waals surface area contributed by atoms with E-state index in [1.165, 1.54) is 0 Å². The molecule has 0 amide bonds. The van der Waals surface area contributed by atoms with E-state index in [9.17, 15) is 0 Å². The molecule has 1 atom stereocenters. The molecule has 0 fully saturated rings. The van der Waals surface area contributed by atoms with Crippen LogP contribution >= 0.6 is 0 Å². The van der Waals surface area contributed by atoms with Crippen molar-refractivity contribution in [2.45, 2.75) is 18.9 Å². The second kappa shape index (κ2) is 5.75. The van der Waals surface area contributed by atoms with Gasteiger partial charge in [0.2, 0.25) is 0 Å². The maximum atomic E-state index is 6.46. The Kier molecular flexibility index (Phi) is 3.79. The predicted octanol–water partition coefficient (Wildman–Crippen LogP) is 1.61. The summed E-state index contributed by atoms with van der Waals surface area (Å²) in [7, 11) is 0. The number of nitrogens with zero attached hydrogens (tertiary/aromatic N) is 4. The highest BCUT2D eigenvalue weighted by Gasteiger charge is 2.26. The average Bonchev–Trinajstić information content (AvgIpc) is 2.54. The van der Waals surface area contributed by atoms with Gasteiger partial charge >= 0.3 is 0 Å². The van der Waals surface area contributed by atoms with Crippen LogP contribution in [0.2, 0.25) is 0 Å². The zero-order valence-electron chi connectivity index (χ0n) is 12.4. The molecule has 3 aromatic rings. The van der Waals surface area contributed by atoms with Crippen LogP contribution < -0.4 is 11.5 Å². The van der Waals surface area contributed by atoms with Crippen LogP contribution in [-0.2, 0) is 5.54 Å². The van der Waals surface area contributed by atoms with Crippen LogP contribution in [0, 0.1) is 0 Å². The number of rotatable bonds is 4. The molecule has 1 unspecified atom stereocenters. The van der Waals surface area contributed by atoms with Gasteiger partial charge in [-0.05, 0) is 38.1 Å². The number of pyridine rings is 2. The Morgan fingerprint density at radius 2 is 1.77 bits per heavy atom. The van der Waals surface area contributed by atoms with Crippen LogP contribution in [0.4, 0.5) is 0 Å². The zero-order chi connectivity index (χ0) is 15.6. The topological polar surface area (TPSA) is 104 Å². The lowest BCUT2D eigenvalue weighted by Gasteiger charge is -2.25. The van der Waals surface area contributed by atoms with E-state index in [0.29, 0.717) is 18.8 Å². The van der Waals surface area contributed by atoms with E-state index in [1.54, 1.807) is 24.8 Å². The molecule has 0 aliphatic heterocycles. The van der Waals surface area contributed by atoms with E-state index >= 15 is 0 Å². The third-order valence-electron chi connectivity index (χ3n) is 3.64. The normalized spacial score (nSPS) is 14.0. The van der Waals surface area contributed by atoms with E-state index in [-0.39, 0.29) is 0 Å². The van der Waals surface area contributed by atoms with E-state index < -0.39 is 5.54 Å². The number of aromatic nitrogens is 4. The minimum atomic E-state index is -0.626. The van der Waals surface area contributed by atoms with Crippen molar-refractivity contribution in [3.05, 3.63) is 48.7 Å². The molecule has 112 valence electrons. The molecule has 3 rings (SSSR count). The molecule has 0 saturated carbocycles. The molecular formula is C16H18N6. The maximum absolute atomic E-state index is 6.46. The molecule has 3 aromatic heterocycles. The lowest BCUT2D eigenvalue weighted by Crippen LogP contribution is -2.36. The van der Waals surface area contributed by atoms with Gasteiger partial charge in [-0.15, -0.1) is 0 Å². The first-order valence-electron chi connectivity index (χ1n) is 7.13. The van der Waals surface area contributed by atoms with Crippen LogP contribution in [0.5, 0.6) is 0 Å². The fourth-order valence-corrected chi connectivity index (χ4v) is 2.46. The minimum Gasteiger partial charge on any atom is -0.330 e. The zero-order valence-corrected chi connectivity index (χ0v) is 12.4. The highest BCUT2D eigenvalue weighted by molar-refractivity contribution is 5.82. The first-order valence-corrected chi connectivity index (χ1v) is 7.13. The summed E-state index contributed by atoms with van der Waals surface area (Å²) >= 11 is 0. The fourth-order valence-electron chi connectivity index (χ4n) is 2.46. The van der Waals surface area contributed by atoms with Gasteiger partial charge in [0.25, 0.3) is 0 Å². The van der Waals surface area contributed by atoms with E-state index in [0.717, 1.165) is 22.2 Å². The Hall–Kier alpha value is -2.44. The molecule has 0 spiro atoms. The van der Waals surface area contributed by atoms with Crippen LogP contribution in [0.25, 0.3) is 22.3 Å². The van der Waals surface area contributed by atoms with E-state index in [1.807, 2.05) is 25.1 Å². The molecular weight excluding hydrogens is 276 g/mol. The summed E-state index contributed by atoms with van der Waals surface area (Å²) in [5.41, 5.74) is 14.0. The standard InChI is InChI=1S/C16H18N6/c1-16(18,5-6-17)14-12-4-9-20-10-13(12)21-15(22-14)11-2-7-19-8-3-11/h2-4,7-10H,5-6,17-18H2,1H3. The third kappa shape index (κ3) is 2.66. The molecule has 4 N–H and O–H groups in total. The summed E-state index contributed by atoms with van der Waals surface area (Å²) in [6.45, 7) is 2.44. The monoisotopic (exact) mass is 294 g/mol.